The summed E-state index contributed by atoms with van der Waals surface area (Å²) in [5.74, 6) is -0.147. The molecule has 0 bridgehead atoms. The van der Waals surface area contributed by atoms with Gasteiger partial charge in [0.05, 0.1) is 4.90 Å². The number of hydrogen-bond acceptors (Lipinski definition) is 3. The van der Waals surface area contributed by atoms with Crippen molar-refractivity contribution in [1.29, 1.82) is 0 Å². The monoisotopic (exact) mass is 298 g/mol. The molecule has 1 atom stereocenters. The van der Waals surface area contributed by atoms with Crippen molar-refractivity contribution >= 4 is 15.9 Å². The van der Waals surface area contributed by atoms with Crippen molar-refractivity contribution in [2.45, 2.75) is 44.6 Å². The quantitative estimate of drug-likeness (QED) is 0.802. The lowest BCUT2D eigenvalue weighted by atomic mass is 10.2. The second kappa shape index (κ2) is 7.40. The van der Waals surface area contributed by atoms with E-state index in [0.717, 1.165) is 12.0 Å². The molecule has 0 spiro atoms. The average molecular weight is 298 g/mol. The van der Waals surface area contributed by atoms with Gasteiger partial charge in [-0.1, -0.05) is 24.6 Å². The minimum atomic E-state index is -3.54. The summed E-state index contributed by atoms with van der Waals surface area (Å²) >= 11 is 0. The van der Waals surface area contributed by atoms with Crippen LogP contribution < -0.4 is 10.0 Å². The van der Waals surface area contributed by atoms with Crippen LogP contribution in [0.15, 0.2) is 29.2 Å². The van der Waals surface area contributed by atoms with E-state index in [2.05, 4.69) is 10.0 Å². The van der Waals surface area contributed by atoms with Gasteiger partial charge in [0.2, 0.25) is 15.9 Å². The molecule has 1 aromatic rings. The molecule has 112 valence electrons. The first-order chi connectivity index (χ1) is 9.35. The van der Waals surface area contributed by atoms with Crippen LogP contribution in [0.25, 0.3) is 0 Å². The van der Waals surface area contributed by atoms with E-state index in [-0.39, 0.29) is 29.8 Å². The molecule has 0 aliphatic carbocycles. The van der Waals surface area contributed by atoms with Gasteiger partial charge >= 0.3 is 0 Å². The number of sulfonamides is 1. The smallest absolute Gasteiger partial charge is 0.240 e. The molecule has 0 fully saturated rings. The molecule has 0 heterocycles. The Morgan fingerprint density at radius 1 is 1.25 bits per heavy atom. The Morgan fingerprint density at radius 3 is 2.40 bits per heavy atom. The molecule has 1 aromatic carbocycles. The topological polar surface area (TPSA) is 75.3 Å². The van der Waals surface area contributed by atoms with Crippen LogP contribution in [-0.2, 0) is 14.8 Å². The number of hydrogen-bond donors (Lipinski definition) is 2. The first-order valence-corrected chi connectivity index (χ1v) is 8.19. The maximum atomic E-state index is 12.0. The predicted octanol–water partition coefficient (Wildman–Crippen LogP) is 1.58. The summed E-state index contributed by atoms with van der Waals surface area (Å²) in [6, 6.07) is 6.69. The molecule has 0 radical (unpaired) electrons. The van der Waals surface area contributed by atoms with E-state index < -0.39 is 10.0 Å². The summed E-state index contributed by atoms with van der Waals surface area (Å²) in [5, 5.41) is 2.79. The average Bonchev–Trinajstić information content (AvgIpc) is 2.38. The van der Waals surface area contributed by atoms with Gasteiger partial charge < -0.3 is 5.32 Å². The van der Waals surface area contributed by atoms with Gasteiger partial charge in [-0.2, -0.15) is 0 Å². The number of nitrogens with one attached hydrogen (secondary N) is 2. The minimum Gasteiger partial charge on any atom is -0.354 e. The zero-order valence-corrected chi connectivity index (χ0v) is 13.0. The predicted molar refractivity (Wildman–Crippen MR) is 78.9 cm³/mol. The number of rotatable bonds is 7. The number of carbonyl (C=O) groups excluding carboxylic acids is 1. The maximum absolute atomic E-state index is 12.0. The molecule has 1 unspecified atom stereocenters. The van der Waals surface area contributed by atoms with Crippen LogP contribution in [0.5, 0.6) is 0 Å². The van der Waals surface area contributed by atoms with E-state index in [4.69, 9.17) is 0 Å². The number of benzene rings is 1. The lowest BCUT2D eigenvalue weighted by molar-refractivity contribution is -0.121. The zero-order chi connectivity index (χ0) is 15.2. The van der Waals surface area contributed by atoms with Crippen molar-refractivity contribution < 1.29 is 13.2 Å². The molecule has 5 nitrogen and oxygen atoms in total. The molecular formula is C14H22N2O3S. The highest BCUT2D eigenvalue weighted by Gasteiger charge is 2.14. The number of aryl methyl sites for hydroxylation is 1. The highest BCUT2D eigenvalue weighted by molar-refractivity contribution is 7.89. The van der Waals surface area contributed by atoms with E-state index in [1.165, 1.54) is 0 Å². The summed E-state index contributed by atoms with van der Waals surface area (Å²) in [7, 11) is -3.54. The Kier molecular flexibility index (Phi) is 6.16. The number of amides is 1. The van der Waals surface area contributed by atoms with E-state index >= 15 is 0 Å². The second-order valence-corrected chi connectivity index (χ2v) is 6.60. The van der Waals surface area contributed by atoms with E-state index in [1.54, 1.807) is 24.3 Å². The molecule has 6 heteroatoms. The molecule has 0 saturated heterocycles. The fraction of sp³-hybridized carbons (Fsp3) is 0.500. The van der Waals surface area contributed by atoms with Gasteiger partial charge in [-0.25, -0.2) is 13.1 Å². The fourth-order valence-electron chi connectivity index (χ4n) is 1.55. The molecule has 1 rings (SSSR count). The third-order valence-electron chi connectivity index (χ3n) is 3.00. The molecule has 1 amide bonds. The highest BCUT2D eigenvalue weighted by atomic mass is 32.2. The van der Waals surface area contributed by atoms with Crippen LogP contribution in [0.4, 0.5) is 0 Å². The maximum Gasteiger partial charge on any atom is 0.240 e. The van der Waals surface area contributed by atoms with E-state index in [1.807, 2.05) is 20.8 Å². The van der Waals surface area contributed by atoms with Crippen molar-refractivity contribution in [3.8, 4) is 0 Å². The Balaban J connectivity index is 2.48. The van der Waals surface area contributed by atoms with Gasteiger partial charge in [-0.15, -0.1) is 0 Å². The lowest BCUT2D eigenvalue weighted by Gasteiger charge is -2.11. The highest BCUT2D eigenvalue weighted by Crippen LogP contribution is 2.09. The minimum absolute atomic E-state index is 0.0957. The molecule has 2 N–H and O–H groups in total. The van der Waals surface area contributed by atoms with Crippen molar-refractivity contribution in [1.82, 2.24) is 10.0 Å². The van der Waals surface area contributed by atoms with Crippen molar-refractivity contribution in [2.24, 2.45) is 0 Å². The first-order valence-electron chi connectivity index (χ1n) is 6.71. The van der Waals surface area contributed by atoms with Crippen LogP contribution >= 0.6 is 0 Å². The molecule has 0 saturated carbocycles. The lowest BCUT2D eigenvalue weighted by Crippen LogP contribution is -2.35. The fourth-order valence-corrected chi connectivity index (χ4v) is 2.58. The third kappa shape index (κ3) is 5.30. The number of carbonyl (C=O) groups is 1. The first kappa shape index (κ1) is 16.7. The van der Waals surface area contributed by atoms with Crippen molar-refractivity contribution in [3.05, 3.63) is 29.8 Å². The standard InChI is InChI=1S/C14H22N2O3S/c1-4-12(3)16-14(17)9-10-15-20(18,19)13-7-5-11(2)6-8-13/h5-8,12,15H,4,9-10H2,1-3H3,(H,16,17). The van der Waals surface area contributed by atoms with Crippen LogP contribution in [0.3, 0.4) is 0 Å². The molecular weight excluding hydrogens is 276 g/mol. The van der Waals surface area contributed by atoms with Gasteiger partial charge in [0.1, 0.15) is 0 Å². The van der Waals surface area contributed by atoms with Crippen molar-refractivity contribution in [3.63, 3.8) is 0 Å². The van der Waals surface area contributed by atoms with Crippen LogP contribution in [0.2, 0.25) is 0 Å². The molecule has 0 aliphatic heterocycles. The van der Waals surface area contributed by atoms with Crippen LogP contribution in [0.1, 0.15) is 32.3 Å². The van der Waals surface area contributed by atoms with E-state index in [0.29, 0.717) is 0 Å². The largest absolute Gasteiger partial charge is 0.354 e. The van der Waals surface area contributed by atoms with Gasteiger partial charge in [-0.3, -0.25) is 4.79 Å². The molecule has 0 aliphatic rings. The molecule has 0 aromatic heterocycles. The normalized spacial score (nSPS) is 12.9. The zero-order valence-electron chi connectivity index (χ0n) is 12.1. The second-order valence-electron chi connectivity index (χ2n) is 4.84. The van der Waals surface area contributed by atoms with E-state index in [9.17, 15) is 13.2 Å². The van der Waals surface area contributed by atoms with Crippen molar-refractivity contribution in [2.75, 3.05) is 6.54 Å². The molecule has 20 heavy (non-hydrogen) atoms. The Morgan fingerprint density at radius 2 is 1.85 bits per heavy atom. The third-order valence-corrected chi connectivity index (χ3v) is 4.47. The van der Waals surface area contributed by atoms with Gasteiger partial charge in [0.15, 0.2) is 0 Å². The summed E-state index contributed by atoms with van der Waals surface area (Å²) in [6.45, 7) is 5.88. The van der Waals surface area contributed by atoms with Gasteiger partial charge in [-0.05, 0) is 32.4 Å². The Hall–Kier alpha value is -1.40. The SMILES string of the molecule is CCC(C)NC(=O)CCNS(=O)(=O)c1ccc(C)cc1. The van der Waals surface area contributed by atoms with Crippen LogP contribution in [-0.4, -0.2) is 26.9 Å². The van der Waals surface area contributed by atoms with Gasteiger partial charge in [0.25, 0.3) is 0 Å². The Bertz CT molecular complexity index is 538. The van der Waals surface area contributed by atoms with Gasteiger partial charge in [0, 0.05) is 19.0 Å². The summed E-state index contributed by atoms with van der Waals surface area (Å²) in [5.41, 5.74) is 0.997. The summed E-state index contributed by atoms with van der Waals surface area (Å²) < 4.78 is 26.3. The summed E-state index contributed by atoms with van der Waals surface area (Å²) in [6.07, 6.45) is 0.982. The Labute approximate surface area is 120 Å². The summed E-state index contributed by atoms with van der Waals surface area (Å²) in [4.78, 5) is 11.7. The van der Waals surface area contributed by atoms with Crippen LogP contribution in [0, 0.1) is 6.92 Å².